The van der Waals surface area contributed by atoms with Gasteiger partial charge in [-0.15, -0.1) is 0 Å². The van der Waals surface area contributed by atoms with E-state index in [-0.39, 0.29) is 10.9 Å². The van der Waals surface area contributed by atoms with Crippen molar-refractivity contribution >= 4 is 22.7 Å². The summed E-state index contributed by atoms with van der Waals surface area (Å²) in [5.74, 6) is 1.11. The molecule has 0 atom stereocenters. The predicted octanol–water partition coefficient (Wildman–Crippen LogP) is 5.46. The highest BCUT2D eigenvalue weighted by molar-refractivity contribution is 7.98. The van der Waals surface area contributed by atoms with E-state index in [1.165, 1.54) is 60.9 Å². The van der Waals surface area contributed by atoms with Gasteiger partial charge in [-0.1, -0.05) is 36.0 Å². The van der Waals surface area contributed by atoms with Gasteiger partial charge in [0.05, 0.1) is 32.4 Å². The number of hydrogen-bond acceptors (Lipinski definition) is 6. The third-order valence-corrected chi connectivity index (χ3v) is 6.65. The summed E-state index contributed by atoms with van der Waals surface area (Å²) < 4.78 is 32.0. The zero-order chi connectivity index (χ0) is 24.4. The van der Waals surface area contributed by atoms with Crippen LogP contribution in [-0.2, 0) is 5.75 Å². The standard InChI is InChI=1S/C26H25FN2O4S/c1-15-9-10-17(11-16(15)2)14-34-26-28-22-20(13-21(31-3)23(32-4)24(22)33-5)25(30)29(26)19-8-6-7-18(27)12-19/h6-13H,14H2,1-5H3. The fourth-order valence-electron chi connectivity index (χ4n) is 3.75. The zero-order valence-electron chi connectivity index (χ0n) is 19.6. The van der Waals surface area contributed by atoms with Gasteiger partial charge in [0, 0.05) is 5.75 Å². The maximum Gasteiger partial charge on any atom is 0.266 e. The van der Waals surface area contributed by atoms with Gasteiger partial charge in [-0.2, -0.15) is 0 Å². The van der Waals surface area contributed by atoms with Crippen molar-refractivity contribution in [1.29, 1.82) is 0 Å². The first-order valence-electron chi connectivity index (χ1n) is 10.6. The highest BCUT2D eigenvalue weighted by Gasteiger charge is 2.23. The summed E-state index contributed by atoms with van der Waals surface area (Å²) in [7, 11) is 4.46. The first-order chi connectivity index (χ1) is 16.4. The third-order valence-electron chi connectivity index (χ3n) is 5.64. The molecule has 0 fully saturated rings. The molecule has 0 spiro atoms. The van der Waals surface area contributed by atoms with Crippen molar-refractivity contribution < 1.29 is 18.6 Å². The van der Waals surface area contributed by atoms with Crippen LogP contribution in [0.2, 0.25) is 0 Å². The number of ether oxygens (including phenoxy) is 3. The average molecular weight is 481 g/mol. The summed E-state index contributed by atoms with van der Waals surface area (Å²) >= 11 is 1.39. The summed E-state index contributed by atoms with van der Waals surface area (Å²) in [5.41, 5.74) is 3.85. The van der Waals surface area contributed by atoms with Crippen LogP contribution >= 0.6 is 11.8 Å². The smallest absolute Gasteiger partial charge is 0.266 e. The molecule has 0 saturated carbocycles. The first-order valence-corrected chi connectivity index (χ1v) is 11.6. The predicted molar refractivity (Wildman–Crippen MR) is 132 cm³/mol. The number of aromatic nitrogens is 2. The molecule has 0 radical (unpaired) electrons. The Morgan fingerprint density at radius 1 is 0.941 bits per heavy atom. The van der Waals surface area contributed by atoms with Gasteiger partial charge in [0.2, 0.25) is 5.75 Å². The van der Waals surface area contributed by atoms with Crippen LogP contribution in [0.1, 0.15) is 16.7 Å². The van der Waals surface area contributed by atoms with Crippen LogP contribution in [0.25, 0.3) is 16.6 Å². The number of methoxy groups -OCH3 is 3. The van der Waals surface area contributed by atoms with E-state index in [0.717, 1.165) is 5.56 Å². The largest absolute Gasteiger partial charge is 0.493 e. The second-order valence-corrected chi connectivity index (χ2v) is 8.71. The Morgan fingerprint density at radius 3 is 2.35 bits per heavy atom. The highest BCUT2D eigenvalue weighted by atomic mass is 32.2. The van der Waals surface area contributed by atoms with Gasteiger partial charge in [-0.05, 0) is 54.8 Å². The van der Waals surface area contributed by atoms with Gasteiger partial charge in [-0.25, -0.2) is 9.37 Å². The van der Waals surface area contributed by atoms with Crippen LogP contribution < -0.4 is 19.8 Å². The molecule has 4 aromatic rings. The second kappa shape index (κ2) is 9.77. The van der Waals surface area contributed by atoms with Gasteiger partial charge >= 0.3 is 0 Å². The van der Waals surface area contributed by atoms with E-state index in [1.54, 1.807) is 18.2 Å². The quantitative estimate of drug-likeness (QED) is 0.259. The molecule has 8 heteroatoms. The SMILES string of the molecule is COc1cc2c(=O)n(-c3cccc(F)c3)c(SCc3ccc(C)c(C)c3)nc2c(OC)c1OC. The lowest BCUT2D eigenvalue weighted by Gasteiger charge is -2.17. The molecular weight excluding hydrogens is 455 g/mol. The number of benzene rings is 3. The number of rotatable bonds is 7. The highest BCUT2D eigenvalue weighted by Crippen LogP contribution is 2.42. The summed E-state index contributed by atoms with van der Waals surface area (Å²) in [4.78, 5) is 18.5. The van der Waals surface area contributed by atoms with Crippen molar-refractivity contribution in [2.24, 2.45) is 0 Å². The van der Waals surface area contributed by atoms with E-state index < -0.39 is 5.82 Å². The molecule has 0 aliphatic rings. The zero-order valence-corrected chi connectivity index (χ0v) is 20.5. The Morgan fingerprint density at radius 2 is 1.71 bits per heavy atom. The fraction of sp³-hybridized carbons (Fsp3) is 0.231. The fourth-order valence-corrected chi connectivity index (χ4v) is 4.70. The summed E-state index contributed by atoms with van der Waals surface area (Å²) in [6, 6.07) is 13.7. The molecule has 0 bridgehead atoms. The summed E-state index contributed by atoms with van der Waals surface area (Å²) in [6.45, 7) is 4.12. The Balaban J connectivity index is 1.96. The van der Waals surface area contributed by atoms with Crippen LogP contribution in [-0.4, -0.2) is 30.9 Å². The lowest BCUT2D eigenvalue weighted by Crippen LogP contribution is -2.22. The van der Waals surface area contributed by atoms with Gasteiger partial charge in [-0.3, -0.25) is 9.36 Å². The molecular formula is C26H25FN2O4S. The lowest BCUT2D eigenvalue weighted by atomic mass is 10.1. The van der Waals surface area contributed by atoms with Crippen molar-refractivity contribution in [3.05, 3.63) is 81.4 Å². The van der Waals surface area contributed by atoms with Gasteiger partial charge in [0.1, 0.15) is 11.3 Å². The summed E-state index contributed by atoms with van der Waals surface area (Å²) in [6.07, 6.45) is 0. The Hall–Kier alpha value is -3.52. The van der Waals surface area contributed by atoms with Crippen molar-refractivity contribution in [1.82, 2.24) is 9.55 Å². The molecule has 34 heavy (non-hydrogen) atoms. The summed E-state index contributed by atoms with van der Waals surface area (Å²) in [5, 5.41) is 0.682. The van der Waals surface area contributed by atoms with E-state index in [0.29, 0.717) is 39.4 Å². The van der Waals surface area contributed by atoms with Crippen LogP contribution in [0.3, 0.4) is 0 Å². The Bertz CT molecular complexity index is 1430. The van der Waals surface area contributed by atoms with Crippen molar-refractivity contribution in [2.75, 3.05) is 21.3 Å². The van der Waals surface area contributed by atoms with Gasteiger partial charge in [0.25, 0.3) is 5.56 Å². The number of thioether (sulfide) groups is 1. The number of hydrogen-bond donors (Lipinski definition) is 0. The minimum atomic E-state index is -0.445. The van der Waals surface area contributed by atoms with Gasteiger partial charge in [0.15, 0.2) is 16.7 Å². The Labute approximate surface area is 201 Å². The second-order valence-electron chi connectivity index (χ2n) is 7.76. The lowest BCUT2D eigenvalue weighted by molar-refractivity contribution is 0.326. The maximum absolute atomic E-state index is 14.1. The topological polar surface area (TPSA) is 62.6 Å². The maximum atomic E-state index is 14.1. The minimum Gasteiger partial charge on any atom is -0.493 e. The van der Waals surface area contributed by atoms with Crippen LogP contribution in [0.4, 0.5) is 4.39 Å². The van der Waals surface area contributed by atoms with Crippen molar-refractivity contribution in [2.45, 2.75) is 24.8 Å². The van der Waals surface area contributed by atoms with Crippen LogP contribution in [0.5, 0.6) is 17.2 Å². The van der Waals surface area contributed by atoms with E-state index in [2.05, 4.69) is 32.0 Å². The first kappa shape index (κ1) is 23.6. The third kappa shape index (κ3) is 4.33. The van der Waals surface area contributed by atoms with Crippen LogP contribution in [0.15, 0.2) is 58.5 Å². The van der Waals surface area contributed by atoms with Gasteiger partial charge < -0.3 is 14.2 Å². The van der Waals surface area contributed by atoms with E-state index in [4.69, 9.17) is 19.2 Å². The average Bonchev–Trinajstić information content (AvgIpc) is 2.83. The molecule has 176 valence electrons. The number of fused-ring (bicyclic) bond motifs is 1. The molecule has 0 aliphatic heterocycles. The molecule has 3 aromatic carbocycles. The van der Waals surface area contributed by atoms with Crippen LogP contribution in [0, 0.1) is 19.7 Å². The number of aryl methyl sites for hydroxylation is 2. The van der Waals surface area contributed by atoms with Crippen molar-refractivity contribution in [3.8, 4) is 22.9 Å². The molecule has 0 saturated heterocycles. The van der Waals surface area contributed by atoms with E-state index in [9.17, 15) is 9.18 Å². The Kier molecular flexibility index (Phi) is 6.79. The monoisotopic (exact) mass is 480 g/mol. The molecule has 0 N–H and O–H groups in total. The molecule has 4 rings (SSSR count). The molecule has 6 nitrogen and oxygen atoms in total. The van der Waals surface area contributed by atoms with Crippen molar-refractivity contribution in [3.63, 3.8) is 0 Å². The molecule has 0 unspecified atom stereocenters. The molecule has 1 aromatic heterocycles. The number of halogens is 1. The number of nitrogens with zero attached hydrogens (tertiary/aromatic N) is 2. The van der Waals surface area contributed by atoms with E-state index >= 15 is 0 Å². The molecule has 1 heterocycles. The molecule has 0 aliphatic carbocycles. The minimum absolute atomic E-state index is 0.272. The normalized spacial score (nSPS) is 11.0. The van der Waals surface area contributed by atoms with E-state index in [1.807, 2.05) is 0 Å². The molecule has 0 amide bonds.